The topological polar surface area (TPSA) is 88.1 Å². The summed E-state index contributed by atoms with van der Waals surface area (Å²) in [5.41, 5.74) is -0.982. The minimum atomic E-state index is -5.14. The third-order valence-corrected chi connectivity index (χ3v) is 7.61. The standard InChI is InChI=1S/C34H43F3O7/c1-22(2)29-18-16-23(3)12-11-13-24(4)30(19-17-27(21-42-25(5)38)20-31(29)43-26(6)39)44-32(40)33(41-7,34(35,36)37)28-14-9-8-10-15-28/h8-10,12,14-15,20,29-31H,1,4,11,13,16-19,21H2,2-3,5-7H3/b23-12+,27-20+/t29-,30-,31+,33-/m1/s1. The van der Waals surface area contributed by atoms with Gasteiger partial charge in [0, 0.05) is 32.4 Å². The van der Waals surface area contributed by atoms with Crippen molar-refractivity contribution < 1.29 is 46.5 Å². The van der Waals surface area contributed by atoms with Gasteiger partial charge >= 0.3 is 24.1 Å². The molecule has 2 rings (SSSR count). The van der Waals surface area contributed by atoms with Gasteiger partial charge in [0.05, 0.1) is 0 Å². The largest absolute Gasteiger partial charge is 0.461 e. The number of allylic oxidation sites excluding steroid dienone is 2. The summed E-state index contributed by atoms with van der Waals surface area (Å²) in [6.45, 7) is 14.3. The molecular formula is C34H43F3O7. The van der Waals surface area contributed by atoms with Crippen molar-refractivity contribution in [3.8, 4) is 0 Å². The molecule has 0 unspecified atom stereocenters. The van der Waals surface area contributed by atoms with Crippen molar-refractivity contribution >= 4 is 17.9 Å². The first-order chi connectivity index (χ1) is 20.6. The average Bonchev–Trinajstić information content (AvgIpc) is 2.93. The van der Waals surface area contributed by atoms with Gasteiger partial charge in [-0.3, -0.25) is 9.59 Å². The first kappa shape index (κ1) is 36.5. The van der Waals surface area contributed by atoms with Gasteiger partial charge in [0.15, 0.2) is 0 Å². The van der Waals surface area contributed by atoms with Crippen molar-refractivity contribution in [2.75, 3.05) is 13.7 Å². The number of hydrogen-bond acceptors (Lipinski definition) is 7. The fourth-order valence-electron chi connectivity index (χ4n) is 5.16. The Bertz CT molecular complexity index is 1250. The summed E-state index contributed by atoms with van der Waals surface area (Å²) in [5.74, 6) is -2.93. The summed E-state index contributed by atoms with van der Waals surface area (Å²) in [5, 5.41) is 0. The van der Waals surface area contributed by atoms with Crippen molar-refractivity contribution in [1.82, 2.24) is 0 Å². The highest BCUT2D eigenvalue weighted by Crippen LogP contribution is 2.43. The average molecular weight is 621 g/mol. The smallest absolute Gasteiger partial charge is 0.432 e. The molecule has 0 spiro atoms. The van der Waals surface area contributed by atoms with Crippen LogP contribution in [0.1, 0.15) is 71.8 Å². The molecule has 1 aromatic carbocycles. The quantitative estimate of drug-likeness (QED) is 0.169. The lowest BCUT2D eigenvalue weighted by Crippen LogP contribution is -2.52. The number of carbonyl (C=O) groups excluding carboxylic acids is 3. The van der Waals surface area contributed by atoms with Crippen LogP contribution in [-0.2, 0) is 38.9 Å². The zero-order valence-corrected chi connectivity index (χ0v) is 26.1. The number of ether oxygens (including phenoxy) is 4. The van der Waals surface area contributed by atoms with E-state index in [4.69, 9.17) is 18.9 Å². The molecule has 44 heavy (non-hydrogen) atoms. The molecule has 0 N–H and O–H groups in total. The maximum atomic E-state index is 14.6. The second-order valence-corrected chi connectivity index (χ2v) is 11.1. The molecule has 1 aliphatic carbocycles. The van der Waals surface area contributed by atoms with Crippen molar-refractivity contribution in [1.29, 1.82) is 0 Å². The third-order valence-electron chi connectivity index (χ3n) is 7.61. The lowest BCUT2D eigenvalue weighted by atomic mass is 9.86. The van der Waals surface area contributed by atoms with Gasteiger partial charge in [-0.25, -0.2) is 4.79 Å². The second-order valence-electron chi connectivity index (χ2n) is 11.1. The van der Waals surface area contributed by atoms with Gasteiger partial charge in [0.25, 0.3) is 5.60 Å². The van der Waals surface area contributed by atoms with Crippen LogP contribution in [0.4, 0.5) is 13.2 Å². The molecule has 0 saturated heterocycles. The van der Waals surface area contributed by atoms with E-state index < -0.39 is 47.5 Å². The summed E-state index contributed by atoms with van der Waals surface area (Å²) < 4.78 is 65.2. The van der Waals surface area contributed by atoms with Gasteiger partial charge in [0.2, 0.25) is 0 Å². The molecular weight excluding hydrogens is 577 g/mol. The molecule has 0 heterocycles. The number of halogens is 3. The Hall–Kier alpha value is -3.66. The normalized spacial score (nSPS) is 24.3. The summed E-state index contributed by atoms with van der Waals surface area (Å²) in [6.07, 6.45) is -0.960. The van der Waals surface area contributed by atoms with Gasteiger partial charge in [-0.2, -0.15) is 13.2 Å². The van der Waals surface area contributed by atoms with Crippen molar-refractivity contribution in [3.63, 3.8) is 0 Å². The Morgan fingerprint density at radius 2 is 1.61 bits per heavy atom. The van der Waals surface area contributed by atoms with Crippen LogP contribution in [0.25, 0.3) is 0 Å². The fraction of sp³-hybridized carbons (Fsp3) is 0.500. The van der Waals surface area contributed by atoms with Crippen molar-refractivity contribution in [3.05, 3.63) is 83.5 Å². The minimum absolute atomic E-state index is 0.0251. The van der Waals surface area contributed by atoms with Gasteiger partial charge in [-0.15, -0.1) is 0 Å². The van der Waals surface area contributed by atoms with E-state index in [0.29, 0.717) is 36.8 Å². The predicted octanol–water partition coefficient (Wildman–Crippen LogP) is 7.47. The van der Waals surface area contributed by atoms with Crippen LogP contribution in [-0.4, -0.2) is 50.0 Å². The molecule has 0 bridgehead atoms. The number of benzene rings is 1. The summed E-state index contributed by atoms with van der Waals surface area (Å²) in [7, 11) is 0.810. The Balaban J connectivity index is 2.58. The molecule has 0 radical (unpaired) electrons. The van der Waals surface area contributed by atoms with E-state index in [-0.39, 0.29) is 25.4 Å². The summed E-state index contributed by atoms with van der Waals surface area (Å²) in [6, 6.07) is 6.59. The van der Waals surface area contributed by atoms with E-state index in [1.807, 2.05) is 19.9 Å². The predicted molar refractivity (Wildman–Crippen MR) is 160 cm³/mol. The molecule has 4 atom stereocenters. The molecule has 0 aromatic heterocycles. The first-order valence-electron chi connectivity index (χ1n) is 14.5. The van der Waals surface area contributed by atoms with E-state index in [1.165, 1.54) is 32.0 Å². The Morgan fingerprint density at radius 3 is 2.16 bits per heavy atom. The zero-order valence-electron chi connectivity index (χ0n) is 26.1. The van der Waals surface area contributed by atoms with Crippen LogP contribution in [0.3, 0.4) is 0 Å². The number of carbonyl (C=O) groups is 3. The number of rotatable bonds is 8. The molecule has 1 aliphatic rings. The molecule has 10 heteroatoms. The molecule has 242 valence electrons. The SMILES string of the molecule is C=C(C)[C@H]1CC/C(C)=C/CCC(=C)[C@H](OC(=O)[C@](OC)(c2ccccc2)C(F)(F)F)CC/C(COC(C)=O)=C\[C@@H]1OC(C)=O. The fourth-order valence-corrected chi connectivity index (χ4v) is 5.16. The molecule has 0 aliphatic heterocycles. The maximum absolute atomic E-state index is 14.6. The van der Waals surface area contributed by atoms with E-state index >= 15 is 0 Å². The van der Waals surface area contributed by atoms with Crippen molar-refractivity contribution in [2.24, 2.45) is 5.92 Å². The highest BCUT2D eigenvalue weighted by Gasteiger charge is 2.64. The van der Waals surface area contributed by atoms with Crippen LogP contribution < -0.4 is 0 Å². The van der Waals surface area contributed by atoms with Crippen LogP contribution in [0.5, 0.6) is 0 Å². The molecule has 7 nitrogen and oxygen atoms in total. The Labute approximate surface area is 257 Å². The number of alkyl halides is 3. The van der Waals surface area contributed by atoms with Crippen molar-refractivity contribution in [2.45, 2.75) is 90.2 Å². The van der Waals surface area contributed by atoms with Crippen LogP contribution in [0.2, 0.25) is 0 Å². The van der Waals surface area contributed by atoms with E-state index in [0.717, 1.165) is 30.4 Å². The minimum Gasteiger partial charge on any atom is -0.461 e. The van der Waals surface area contributed by atoms with E-state index in [9.17, 15) is 27.6 Å². The summed E-state index contributed by atoms with van der Waals surface area (Å²) in [4.78, 5) is 37.3. The molecule has 1 aromatic rings. The van der Waals surface area contributed by atoms with Gasteiger partial charge in [0.1, 0.15) is 18.8 Å². The lowest BCUT2D eigenvalue weighted by Gasteiger charge is -2.34. The molecule has 0 amide bonds. The maximum Gasteiger partial charge on any atom is 0.432 e. The number of hydrogen-bond donors (Lipinski definition) is 0. The van der Waals surface area contributed by atoms with Crippen LogP contribution >= 0.6 is 0 Å². The monoisotopic (exact) mass is 620 g/mol. The molecule has 0 fully saturated rings. The zero-order chi connectivity index (χ0) is 33.1. The Morgan fingerprint density at radius 1 is 0.955 bits per heavy atom. The van der Waals surface area contributed by atoms with Gasteiger partial charge in [-0.1, -0.05) is 60.7 Å². The van der Waals surface area contributed by atoms with E-state index in [2.05, 4.69) is 13.2 Å². The van der Waals surface area contributed by atoms with Crippen LogP contribution in [0.15, 0.2) is 77.9 Å². The first-order valence-corrected chi connectivity index (χ1v) is 14.5. The van der Waals surface area contributed by atoms with Gasteiger partial charge < -0.3 is 18.9 Å². The number of methoxy groups -OCH3 is 1. The second kappa shape index (κ2) is 16.4. The highest BCUT2D eigenvalue weighted by atomic mass is 19.4. The third kappa shape index (κ3) is 9.94. The van der Waals surface area contributed by atoms with E-state index in [1.54, 1.807) is 6.08 Å². The Kier molecular flexibility index (Phi) is 13.6. The number of esters is 3. The molecule has 0 saturated carbocycles. The van der Waals surface area contributed by atoms with Gasteiger partial charge in [-0.05, 0) is 69.6 Å². The highest BCUT2D eigenvalue weighted by molar-refractivity contribution is 5.83. The lowest BCUT2D eigenvalue weighted by molar-refractivity contribution is -0.277. The van der Waals surface area contributed by atoms with Crippen LogP contribution in [0, 0.1) is 5.92 Å². The summed E-state index contributed by atoms with van der Waals surface area (Å²) >= 11 is 0.